The lowest BCUT2D eigenvalue weighted by molar-refractivity contribution is -0.387. The predicted octanol–water partition coefficient (Wildman–Crippen LogP) is 3.34. The van der Waals surface area contributed by atoms with Crippen LogP contribution in [0.3, 0.4) is 0 Å². The van der Waals surface area contributed by atoms with E-state index in [0.717, 1.165) is 23.9 Å². The lowest BCUT2D eigenvalue weighted by atomic mass is 10.3. The minimum absolute atomic E-state index is 0.0452. The van der Waals surface area contributed by atoms with Crippen molar-refractivity contribution in [3.05, 3.63) is 33.1 Å². The van der Waals surface area contributed by atoms with Gasteiger partial charge in [-0.1, -0.05) is 18.5 Å². The quantitative estimate of drug-likeness (QED) is 0.511. The molecular weight excluding hydrogens is 285 g/mol. The van der Waals surface area contributed by atoms with Gasteiger partial charge in [-0.2, -0.15) is 0 Å². The highest BCUT2D eigenvalue weighted by atomic mass is 35.5. The molecule has 0 aliphatic rings. The third kappa shape index (κ3) is 3.33. The van der Waals surface area contributed by atoms with Gasteiger partial charge in [0.1, 0.15) is 11.1 Å². The fourth-order valence-corrected chi connectivity index (χ4v) is 2.37. The summed E-state index contributed by atoms with van der Waals surface area (Å²) in [5.41, 5.74) is -0.397. The first-order valence-electron chi connectivity index (χ1n) is 4.89. The summed E-state index contributed by atoms with van der Waals surface area (Å²) in [6.45, 7) is 1.63. The van der Waals surface area contributed by atoms with E-state index in [1.54, 1.807) is 6.92 Å². The molecule has 0 aliphatic carbocycles. The zero-order valence-corrected chi connectivity index (χ0v) is 10.8. The van der Waals surface area contributed by atoms with Crippen LogP contribution < -0.4 is 0 Å². The van der Waals surface area contributed by atoms with Crippen molar-refractivity contribution < 1.29 is 19.2 Å². The fourth-order valence-electron chi connectivity index (χ4n) is 1.22. The fraction of sp³-hybridized carbons (Fsp3) is 0.300. The Morgan fingerprint density at radius 1 is 1.67 bits per heavy atom. The molecule has 0 aromatic heterocycles. The average molecular weight is 294 g/mol. The number of carbonyl (C=O) groups is 1. The van der Waals surface area contributed by atoms with Gasteiger partial charge in [0.25, 0.3) is 5.69 Å². The number of hydrogen-bond acceptors (Lipinski definition) is 4. The summed E-state index contributed by atoms with van der Waals surface area (Å²) in [6, 6.07) is 1.77. The highest BCUT2D eigenvalue weighted by Crippen LogP contribution is 2.36. The first-order valence-corrected chi connectivity index (χ1v) is 6.15. The van der Waals surface area contributed by atoms with Crippen LogP contribution in [-0.4, -0.2) is 21.2 Å². The van der Waals surface area contributed by atoms with Crippen LogP contribution in [0.5, 0.6) is 0 Å². The summed E-state index contributed by atoms with van der Waals surface area (Å²) in [7, 11) is 0. The number of thioether (sulfide) groups is 1. The molecule has 0 heterocycles. The van der Waals surface area contributed by atoms with Crippen molar-refractivity contribution in [2.24, 2.45) is 0 Å². The number of benzene rings is 1. The first-order chi connectivity index (χ1) is 8.36. The predicted molar refractivity (Wildman–Crippen MR) is 65.6 cm³/mol. The number of carboxylic acids is 1. The Balaban J connectivity index is 3.18. The number of nitro groups is 1. The summed E-state index contributed by atoms with van der Waals surface area (Å²) in [5.74, 6) is -1.92. The third-order valence-corrected chi connectivity index (χ3v) is 3.80. The van der Waals surface area contributed by atoms with Crippen molar-refractivity contribution >= 4 is 35.0 Å². The number of carboxylic acid groups (broad SMARTS) is 1. The van der Waals surface area contributed by atoms with E-state index < -0.39 is 27.6 Å². The molecule has 98 valence electrons. The van der Waals surface area contributed by atoms with Gasteiger partial charge in [0.05, 0.1) is 14.8 Å². The first kappa shape index (κ1) is 14.7. The molecule has 1 aromatic carbocycles. The van der Waals surface area contributed by atoms with Crippen molar-refractivity contribution in [3.8, 4) is 0 Å². The molecular formula is C10H9ClFNO4S. The van der Waals surface area contributed by atoms with Gasteiger partial charge in [0.2, 0.25) is 0 Å². The Labute approximate surface area is 111 Å². The summed E-state index contributed by atoms with van der Waals surface area (Å²) >= 11 is 6.19. The van der Waals surface area contributed by atoms with Gasteiger partial charge < -0.3 is 5.11 Å². The van der Waals surface area contributed by atoms with Crippen molar-refractivity contribution in [3.63, 3.8) is 0 Å². The summed E-state index contributed by atoms with van der Waals surface area (Å²) in [5, 5.41) is 18.4. The smallest absolute Gasteiger partial charge is 0.316 e. The Bertz CT molecular complexity index is 497. The molecule has 1 atom stereocenters. The molecule has 18 heavy (non-hydrogen) atoms. The Morgan fingerprint density at radius 2 is 2.28 bits per heavy atom. The average Bonchev–Trinajstić information content (AvgIpc) is 2.29. The standard InChI is InChI=1S/C10H9ClFNO4S/c1-2-8(10(14)15)18-9-4-6(12)5(11)3-7(9)13(16)17/h3-4,8H,2H2,1H3,(H,14,15). The molecule has 0 saturated heterocycles. The maximum Gasteiger partial charge on any atom is 0.316 e. The molecule has 0 amide bonds. The van der Waals surface area contributed by atoms with Gasteiger partial charge in [0, 0.05) is 6.07 Å². The second kappa shape index (κ2) is 6.01. The van der Waals surface area contributed by atoms with Crippen LogP contribution in [0, 0.1) is 15.9 Å². The lowest BCUT2D eigenvalue weighted by Crippen LogP contribution is -2.15. The lowest BCUT2D eigenvalue weighted by Gasteiger charge is -2.10. The zero-order valence-electron chi connectivity index (χ0n) is 9.22. The summed E-state index contributed by atoms with van der Waals surface area (Å²) in [4.78, 5) is 20.9. The van der Waals surface area contributed by atoms with Gasteiger partial charge in [-0.3, -0.25) is 14.9 Å². The number of nitrogens with zero attached hydrogens (tertiary/aromatic N) is 1. The minimum Gasteiger partial charge on any atom is -0.480 e. The molecule has 0 saturated carbocycles. The molecule has 0 spiro atoms. The van der Waals surface area contributed by atoms with Gasteiger partial charge >= 0.3 is 5.97 Å². The number of halogens is 2. The minimum atomic E-state index is -1.10. The Morgan fingerprint density at radius 3 is 2.72 bits per heavy atom. The van der Waals surface area contributed by atoms with Crippen LogP contribution >= 0.6 is 23.4 Å². The maximum atomic E-state index is 13.3. The molecule has 1 rings (SSSR count). The molecule has 0 fully saturated rings. The van der Waals surface area contributed by atoms with Gasteiger partial charge in [-0.05, 0) is 12.5 Å². The van der Waals surface area contributed by atoms with Gasteiger partial charge in [-0.15, -0.1) is 11.8 Å². The zero-order chi connectivity index (χ0) is 13.9. The molecule has 1 N–H and O–H groups in total. The summed E-state index contributed by atoms with van der Waals surface area (Å²) in [6.07, 6.45) is 0.265. The van der Waals surface area contributed by atoms with E-state index in [0.29, 0.717) is 0 Å². The highest BCUT2D eigenvalue weighted by Gasteiger charge is 2.24. The van der Waals surface area contributed by atoms with E-state index in [-0.39, 0.29) is 16.3 Å². The molecule has 8 heteroatoms. The Kier molecular flexibility index (Phi) is 4.92. The largest absolute Gasteiger partial charge is 0.480 e. The van der Waals surface area contributed by atoms with E-state index in [1.165, 1.54) is 0 Å². The van der Waals surface area contributed by atoms with Crippen molar-refractivity contribution in [1.82, 2.24) is 0 Å². The molecule has 5 nitrogen and oxygen atoms in total. The normalized spacial score (nSPS) is 12.2. The van der Waals surface area contributed by atoms with E-state index in [9.17, 15) is 19.3 Å². The van der Waals surface area contributed by atoms with E-state index in [4.69, 9.17) is 16.7 Å². The number of nitro benzene ring substituents is 1. The molecule has 1 unspecified atom stereocenters. The summed E-state index contributed by atoms with van der Waals surface area (Å²) < 4.78 is 13.3. The van der Waals surface area contributed by atoms with Crippen LogP contribution in [-0.2, 0) is 4.79 Å². The second-order valence-corrected chi connectivity index (χ2v) is 5.00. The van der Waals surface area contributed by atoms with Crippen LogP contribution in [0.15, 0.2) is 17.0 Å². The second-order valence-electron chi connectivity index (χ2n) is 3.34. The van der Waals surface area contributed by atoms with Crippen molar-refractivity contribution in [2.75, 3.05) is 0 Å². The van der Waals surface area contributed by atoms with Gasteiger partial charge in [0.15, 0.2) is 0 Å². The van der Waals surface area contributed by atoms with E-state index in [1.807, 2.05) is 0 Å². The van der Waals surface area contributed by atoms with Crippen LogP contribution in [0.1, 0.15) is 13.3 Å². The van der Waals surface area contributed by atoms with E-state index >= 15 is 0 Å². The highest BCUT2D eigenvalue weighted by molar-refractivity contribution is 8.00. The number of rotatable bonds is 5. The van der Waals surface area contributed by atoms with Crippen molar-refractivity contribution in [2.45, 2.75) is 23.5 Å². The number of hydrogen-bond donors (Lipinski definition) is 1. The third-order valence-electron chi connectivity index (χ3n) is 2.11. The van der Waals surface area contributed by atoms with Crippen LogP contribution in [0.4, 0.5) is 10.1 Å². The molecule has 0 radical (unpaired) electrons. The molecule has 0 aliphatic heterocycles. The Hall–Kier alpha value is -1.34. The van der Waals surface area contributed by atoms with Crippen LogP contribution in [0.2, 0.25) is 5.02 Å². The van der Waals surface area contributed by atoms with Gasteiger partial charge in [-0.25, -0.2) is 4.39 Å². The molecule has 1 aromatic rings. The van der Waals surface area contributed by atoms with Crippen LogP contribution in [0.25, 0.3) is 0 Å². The SMILES string of the molecule is CCC(Sc1cc(F)c(Cl)cc1[N+](=O)[O-])C(=O)O. The monoisotopic (exact) mass is 293 g/mol. The topological polar surface area (TPSA) is 80.4 Å². The van der Waals surface area contributed by atoms with E-state index in [2.05, 4.69) is 0 Å². The van der Waals surface area contributed by atoms with Crippen molar-refractivity contribution in [1.29, 1.82) is 0 Å². The molecule has 0 bridgehead atoms. The number of aliphatic carboxylic acids is 1. The maximum absolute atomic E-state index is 13.3.